The molecule has 0 saturated heterocycles. The highest BCUT2D eigenvalue weighted by Gasteiger charge is 2.15. The highest BCUT2D eigenvalue weighted by Crippen LogP contribution is 2.16. The van der Waals surface area contributed by atoms with E-state index in [-0.39, 0.29) is 6.04 Å². The van der Waals surface area contributed by atoms with Crippen molar-refractivity contribution in [3.8, 4) is 5.88 Å². The Morgan fingerprint density at radius 2 is 2.16 bits per heavy atom. The molecule has 0 spiro atoms. The van der Waals surface area contributed by atoms with Crippen LogP contribution in [0, 0.1) is 0 Å². The van der Waals surface area contributed by atoms with E-state index >= 15 is 0 Å². The number of ether oxygens (including phenoxy) is 1. The predicted molar refractivity (Wildman–Crippen MR) is 69.7 cm³/mol. The summed E-state index contributed by atoms with van der Waals surface area (Å²) < 4.78 is 6.70. The summed E-state index contributed by atoms with van der Waals surface area (Å²) >= 11 is 0. The van der Waals surface area contributed by atoms with Crippen LogP contribution >= 0.6 is 0 Å². The van der Waals surface area contributed by atoms with Gasteiger partial charge in [-0.1, -0.05) is 12.1 Å². The summed E-state index contributed by atoms with van der Waals surface area (Å²) in [6, 6.07) is 3.79. The third kappa shape index (κ3) is 3.47. The van der Waals surface area contributed by atoms with E-state index in [1.807, 2.05) is 25.4 Å². The molecule has 2 aromatic heterocycles. The SMILES string of the molecule is CCNC(Cc1cn(C)nn1)c1ccc(OC)nn1. The van der Waals surface area contributed by atoms with Crippen molar-refractivity contribution >= 4 is 0 Å². The van der Waals surface area contributed by atoms with Crippen LogP contribution in [0.25, 0.3) is 0 Å². The van der Waals surface area contributed by atoms with Crippen molar-refractivity contribution in [2.45, 2.75) is 19.4 Å². The Bertz CT molecular complexity index is 509. The second kappa shape index (κ2) is 6.24. The van der Waals surface area contributed by atoms with E-state index in [0.29, 0.717) is 5.88 Å². The standard InChI is InChI=1S/C12H18N6O/c1-4-13-11(7-9-8-18(2)17-14-9)10-5-6-12(19-3)16-15-10/h5-6,8,11,13H,4,7H2,1-3H3. The summed E-state index contributed by atoms with van der Waals surface area (Å²) in [5.74, 6) is 0.513. The van der Waals surface area contributed by atoms with Crippen molar-refractivity contribution in [1.82, 2.24) is 30.5 Å². The molecule has 2 heterocycles. The first-order valence-corrected chi connectivity index (χ1v) is 6.19. The Morgan fingerprint density at radius 1 is 1.32 bits per heavy atom. The van der Waals surface area contributed by atoms with E-state index < -0.39 is 0 Å². The highest BCUT2D eigenvalue weighted by molar-refractivity contribution is 5.15. The molecule has 19 heavy (non-hydrogen) atoms. The number of likely N-dealkylation sites (N-methyl/N-ethyl adjacent to an activating group) is 1. The minimum Gasteiger partial charge on any atom is -0.480 e. The quantitative estimate of drug-likeness (QED) is 0.817. The Hall–Kier alpha value is -2.02. The summed E-state index contributed by atoms with van der Waals surface area (Å²) in [7, 11) is 3.43. The third-order valence-corrected chi connectivity index (χ3v) is 2.74. The number of hydrogen-bond donors (Lipinski definition) is 1. The molecule has 1 N–H and O–H groups in total. The summed E-state index contributed by atoms with van der Waals surface area (Å²) in [6.45, 7) is 2.90. The maximum absolute atomic E-state index is 5.01. The lowest BCUT2D eigenvalue weighted by Gasteiger charge is -2.15. The van der Waals surface area contributed by atoms with E-state index in [2.05, 4.69) is 32.7 Å². The van der Waals surface area contributed by atoms with Crippen molar-refractivity contribution in [2.24, 2.45) is 7.05 Å². The average Bonchev–Trinajstić information content (AvgIpc) is 2.84. The molecule has 7 heteroatoms. The molecule has 0 fully saturated rings. The van der Waals surface area contributed by atoms with Gasteiger partial charge in [-0.2, -0.15) is 5.10 Å². The lowest BCUT2D eigenvalue weighted by atomic mass is 10.1. The molecule has 0 radical (unpaired) electrons. The molecule has 0 saturated carbocycles. The lowest BCUT2D eigenvalue weighted by Crippen LogP contribution is -2.24. The Kier molecular flexibility index (Phi) is 4.40. The zero-order valence-electron chi connectivity index (χ0n) is 11.4. The topological polar surface area (TPSA) is 77.8 Å². The molecule has 0 bridgehead atoms. The van der Waals surface area contributed by atoms with Gasteiger partial charge >= 0.3 is 0 Å². The van der Waals surface area contributed by atoms with Gasteiger partial charge in [0, 0.05) is 25.7 Å². The maximum Gasteiger partial charge on any atom is 0.233 e. The van der Waals surface area contributed by atoms with E-state index in [1.165, 1.54) is 0 Å². The molecular formula is C12H18N6O. The summed E-state index contributed by atoms with van der Waals surface area (Å²) in [6.07, 6.45) is 2.63. The van der Waals surface area contributed by atoms with Crippen LogP contribution in [0.2, 0.25) is 0 Å². The zero-order valence-corrected chi connectivity index (χ0v) is 11.4. The van der Waals surface area contributed by atoms with Gasteiger partial charge in [0.1, 0.15) is 0 Å². The van der Waals surface area contributed by atoms with Gasteiger partial charge in [-0.05, 0) is 12.6 Å². The van der Waals surface area contributed by atoms with E-state index in [1.54, 1.807) is 11.8 Å². The number of nitrogens with one attached hydrogen (secondary N) is 1. The molecule has 2 aromatic rings. The minimum absolute atomic E-state index is 0.0695. The van der Waals surface area contributed by atoms with Gasteiger partial charge in [0.05, 0.1) is 24.5 Å². The molecule has 1 atom stereocenters. The summed E-state index contributed by atoms with van der Waals surface area (Å²) in [5.41, 5.74) is 1.79. The van der Waals surface area contributed by atoms with E-state index in [9.17, 15) is 0 Å². The first kappa shape index (κ1) is 13.4. The number of rotatable bonds is 6. The van der Waals surface area contributed by atoms with Crippen LogP contribution in [0.4, 0.5) is 0 Å². The van der Waals surface area contributed by atoms with Gasteiger partial charge < -0.3 is 10.1 Å². The zero-order chi connectivity index (χ0) is 13.7. The van der Waals surface area contributed by atoms with Crippen LogP contribution in [-0.4, -0.2) is 38.8 Å². The molecule has 0 amide bonds. The number of aryl methyl sites for hydroxylation is 1. The number of hydrogen-bond acceptors (Lipinski definition) is 6. The highest BCUT2D eigenvalue weighted by atomic mass is 16.5. The van der Waals surface area contributed by atoms with Crippen LogP contribution in [0.3, 0.4) is 0 Å². The molecule has 0 aliphatic rings. The molecule has 1 unspecified atom stereocenters. The number of nitrogens with zero attached hydrogens (tertiary/aromatic N) is 5. The van der Waals surface area contributed by atoms with Crippen molar-refractivity contribution < 1.29 is 4.74 Å². The first-order chi connectivity index (χ1) is 9.22. The number of methoxy groups -OCH3 is 1. The normalized spacial score (nSPS) is 12.4. The second-order valence-electron chi connectivity index (χ2n) is 4.20. The third-order valence-electron chi connectivity index (χ3n) is 2.74. The fourth-order valence-electron chi connectivity index (χ4n) is 1.85. The monoisotopic (exact) mass is 262 g/mol. The van der Waals surface area contributed by atoms with Gasteiger partial charge in [-0.15, -0.1) is 10.2 Å². The average molecular weight is 262 g/mol. The minimum atomic E-state index is 0.0695. The Balaban J connectivity index is 2.13. The van der Waals surface area contributed by atoms with Crippen molar-refractivity contribution in [3.63, 3.8) is 0 Å². The molecule has 2 rings (SSSR count). The molecule has 0 aliphatic carbocycles. The van der Waals surface area contributed by atoms with Crippen molar-refractivity contribution in [1.29, 1.82) is 0 Å². The van der Waals surface area contributed by atoms with E-state index in [4.69, 9.17) is 4.74 Å². The van der Waals surface area contributed by atoms with Gasteiger partial charge in [0.15, 0.2) is 0 Å². The van der Waals surface area contributed by atoms with Crippen LogP contribution < -0.4 is 10.1 Å². The second-order valence-corrected chi connectivity index (χ2v) is 4.20. The number of aromatic nitrogens is 5. The summed E-state index contributed by atoms with van der Waals surface area (Å²) in [5, 5.41) is 19.6. The Morgan fingerprint density at radius 3 is 2.68 bits per heavy atom. The Labute approximate surface area is 112 Å². The fraction of sp³-hybridized carbons (Fsp3) is 0.500. The van der Waals surface area contributed by atoms with Gasteiger partial charge in [-0.25, -0.2) is 0 Å². The largest absolute Gasteiger partial charge is 0.480 e. The van der Waals surface area contributed by atoms with Crippen LogP contribution in [-0.2, 0) is 13.5 Å². The fourth-order valence-corrected chi connectivity index (χ4v) is 1.85. The molecule has 102 valence electrons. The van der Waals surface area contributed by atoms with Crippen LogP contribution in [0.15, 0.2) is 18.3 Å². The molecule has 7 nitrogen and oxygen atoms in total. The van der Waals surface area contributed by atoms with Gasteiger partial charge in [0.25, 0.3) is 0 Å². The predicted octanol–water partition coefficient (Wildman–Crippen LogP) is 0.507. The first-order valence-electron chi connectivity index (χ1n) is 6.19. The summed E-state index contributed by atoms with van der Waals surface area (Å²) in [4.78, 5) is 0. The smallest absolute Gasteiger partial charge is 0.233 e. The lowest BCUT2D eigenvalue weighted by molar-refractivity contribution is 0.389. The van der Waals surface area contributed by atoms with Crippen molar-refractivity contribution in [3.05, 3.63) is 29.7 Å². The maximum atomic E-state index is 5.01. The van der Waals surface area contributed by atoms with Crippen LogP contribution in [0.5, 0.6) is 5.88 Å². The van der Waals surface area contributed by atoms with Crippen molar-refractivity contribution in [2.75, 3.05) is 13.7 Å². The van der Waals surface area contributed by atoms with Crippen LogP contribution in [0.1, 0.15) is 24.4 Å². The molecule has 0 aliphatic heterocycles. The molecular weight excluding hydrogens is 244 g/mol. The van der Waals surface area contributed by atoms with Gasteiger partial charge in [0.2, 0.25) is 5.88 Å². The molecule has 0 aromatic carbocycles. The van der Waals surface area contributed by atoms with Gasteiger partial charge in [-0.3, -0.25) is 4.68 Å². The van der Waals surface area contributed by atoms with E-state index in [0.717, 1.165) is 24.4 Å².